The van der Waals surface area contributed by atoms with E-state index in [-0.39, 0.29) is 9.77 Å². The van der Waals surface area contributed by atoms with Crippen molar-refractivity contribution in [2.75, 3.05) is 11.8 Å². The number of aryl methyl sites for hydroxylation is 1. The molecule has 6 nitrogen and oxygen atoms in total. The molecule has 0 spiro atoms. The van der Waals surface area contributed by atoms with E-state index in [0.717, 1.165) is 11.3 Å². The highest BCUT2D eigenvalue weighted by atomic mass is 32.2. The van der Waals surface area contributed by atoms with Crippen molar-refractivity contribution in [1.29, 1.82) is 0 Å². The molecule has 0 amide bonds. The second kappa shape index (κ2) is 5.74. The highest BCUT2D eigenvalue weighted by Gasteiger charge is 2.26. The first kappa shape index (κ1) is 15.3. The lowest BCUT2D eigenvalue weighted by Crippen LogP contribution is -2.16. The number of sulfonamides is 1. The third-order valence-electron chi connectivity index (χ3n) is 2.72. The summed E-state index contributed by atoms with van der Waals surface area (Å²) in [6.45, 7) is 1.56. The zero-order valence-corrected chi connectivity index (χ0v) is 12.9. The Kier molecular flexibility index (Phi) is 4.19. The van der Waals surface area contributed by atoms with Crippen LogP contribution in [0.4, 0.5) is 5.69 Å². The topological polar surface area (TPSA) is 92.7 Å². The molecule has 0 atom stereocenters. The van der Waals surface area contributed by atoms with E-state index >= 15 is 0 Å². The van der Waals surface area contributed by atoms with Crippen LogP contribution in [0.25, 0.3) is 0 Å². The molecule has 112 valence electrons. The molecule has 8 heteroatoms. The molecular formula is C13H13NO5S2. The first-order valence-electron chi connectivity index (χ1n) is 5.83. The highest BCUT2D eigenvalue weighted by molar-refractivity contribution is 7.93. The van der Waals surface area contributed by atoms with Gasteiger partial charge >= 0.3 is 5.97 Å². The number of nitrogens with one attached hydrogen (secondary N) is 1. The van der Waals surface area contributed by atoms with Crippen molar-refractivity contribution in [3.63, 3.8) is 0 Å². The van der Waals surface area contributed by atoms with Crippen LogP contribution in [0.2, 0.25) is 0 Å². The Hall–Kier alpha value is -2.06. The Morgan fingerprint density at radius 1 is 1.29 bits per heavy atom. The molecule has 0 aliphatic rings. The minimum atomic E-state index is -3.96. The average Bonchev–Trinajstić information content (AvgIpc) is 2.82. The number of anilines is 1. The molecule has 1 heterocycles. The first-order chi connectivity index (χ1) is 9.85. The number of carboxylic acids is 1. The van der Waals surface area contributed by atoms with E-state index in [4.69, 9.17) is 9.84 Å². The second-order valence-electron chi connectivity index (χ2n) is 4.22. The molecule has 0 bridgehead atoms. The van der Waals surface area contributed by atoms with Crippen LogP contribution in [0.1, 0.15) is 15.2 Å². The fraction of sp³-hybridized carbons (Fsp3) is 0.154. The molecule has 2 N–H and O–H groups in total. The Bertz CT molecular complexity index is 762. The van der Waals surface area contributed by atoms with Crippen molar-refractivity contribution in [2.24, 2.45) is 0 Å². The summed E-state index contributed by atoms with van der Waals surface area (Å²) in [5, 5.41) is 10.6. The summed E-state index contributed by atoms with van der Waals surface area (Å²) < 4.78 is 32.1. The first-order valence-corrected chi connectivity index (χ1v) is 8.19. The number of methoxy groups -OCH3 is 1. The number of thiophene rings is 1. The van der Waals surface area contributed by atoms with Gasteiger partial charge in [-0.05, 0) is 42.1 Å². The zero-order chi connectivity index (χ0) is 15.6. The van der Waals surface area contributed by atoms with E-state index in [9.17, 15) is 13.2 Å². The number of rotatable bonds is 5. The molecular weight excluding hydrogens is 314 g/mol. The maximum absolute atomic E-state index is 12.4. The maximum atomic E-state index is 12.4. The van der Waals surface area contributed by atoms with Crippen molar-refractivity contribution in [2.45, 2.75) is 11.8 Å². The van der Waals surface area contributed by atoms with Crippen molar-refractivity contribution in [3.05, 3.63) is 40.1 Å². The summed E-state index contributed by atoms with van der Waals surface area (Å²) in [6, 6.07) is 6.30. The molecule has 1 aromatic carbocycles. The molecule has 0 radical (unpaired) electrons. The molecule has 0 unspecified atom stereocenters. The number of aromatic carboxylic acids is 1. The van der Waals surface area contributed by atoms with Crippen LogP contribution in [0.3, 0.4) is 0 Å². The Morgan fingerprint density at radius 3 is 2.43 bits per heavy atom. The minimum absolute atomic E-state index is 0.198. The molecule has 0 saturated heterocycles. The van der Waals surface area contributed by atoms with Crippen LogP contribution in [0, 0.1) is 6.92 Å². The van der Waals surface area contributed by atoms with Gasteiger partial charge in [-0.25, -0.2) is 13.2 Å². The van der Waals surface area contributed by atoms with E-state index in [0.29, 0.717) is 17.0 Å². The number of hydrogen-bond acceptors (Lipinski definition) is 5. The Labute approximate surface area is 126 Å². The molecule has 2 aromatic rings. The third-order valence-corrected chi connectivity index (χ3v) is 5.51. The zero-order valence-electron chi connectivity index (χ0n) is 11.3. The van der Waals surface area contributed by atoms with Gasteiger partial charge in [0.2, 0.25) is 0 Å². The van der Waals surface area contributed by atoms with Crippen LogP contribution in [0.5, 0.6) is 5.75 Å². The van der Waals surface area contributed by atoms with Crippen LogP contribution in [-0.4, -0.2) is 26.6 Å². The van der Waals surface area contributed by atoms with E-state index in [1.165, 1.54) is 12.5 Å². The lowest BCUT2D eigenvalue weighted by atomic mass is 10.3. The lowest BCUT2D eigenvalue weighted by molar-refractivity contribution is 0.0698. The third kappa shape index (κ3) is 3.17. The van der Waals surface area contributed by atoms with Crippen LogP contribution < -0.4 is 9.46 Å². The molecule has 0 aliphatic heterocycles. The van der Waals surface area contributed by atoms with Crippen LogP contribution in [0.15, 0.2) is 34.5 Å². The predicted molar refractivity (Wildman–Crippen MR) is 79.8 cm³/mol. The fourth-order valence-corrected chi connectivity index (χ4v) is 4.47. The molecule has 21 heavy (non-hydrogen) atoms. The standard InChI is InChI=1S/C13H13NO5S2/c1-8-7-20-11(13(15)16)12(8)21(17,18)14-9-3-5-10(19-2)6-4-9/h3-7,14H,1-2H3,(H,15,16). The van der Waals surface area contributed by atoms with Gasteiger partial charge in [0.05, 0.1) is 7.11 Å². The summed E-state index contributed by atoms with van der Waals surface area (Å²) >= 11 is 0.889. The lowest BCUT2D eigenvalue weighted by Gasteiger charge is -2.09. The van der Waals surface area contributed by atoms with Gasteiger partial charge in [-0.2, -0.15) is 0 Å². The van der Waals surface area contributed by atoms with Crippen molar-refractivity contribution < 1.29 is 23.1 Å². The van der Waals surface area contributed by atoms with Gasteiger partial charge in [-0.3, -0.25) is 4.72 Å². The molecule has 1 aromatic heterocycles. The van der Waals surface area contributed by atoms with Crippen molar-refractivity contribution >= 4 is 33.0 Å². The summed E-state index contributed by atoms with van der Waals surface area (Å²) in [6.07, 6.45) is 0. The summed E-state index contributed by atoms with van der Waals surface area (Å²) in [5.41, 5.74) is 0.733. The number of carboxylic acid groups (broad SMARTS) is 1. The van der Waals surface area contributed by atoms with Crippen LogP contribution in [-0.2, 0) is 10.0 Å². The van der Waals surface area contributed by atoms with Gasteiger partial charge in [-0.15, -0.1) is 11.3 Å². The molecule has 0 aliphatic carbocycles. The second-order valence-corrected chi connectivity index (χ2v) is 6.72. The normalized spacial score (nSPS) is 11.1. The van der Waals surface area contributed by atoms with Gasteiger partial charge in [-0.1, -0.05) is 0 Å². The summed E-state index contributed by atoms with van der Waals surface area (Å²) in [5.74, 6) is -0.668. The highest BCUT2D eigenvalue weighted by Crippen LogP contribution is 2.29. The monoisotopic (exact) mass is 327 g/mol. The maximum Gasteiger partial charge on any atom is 0.347 e. The Morgan fingerprint density at radius 2 is 1.90 bits per heavy atom. The van der Waals surface area contributed by atoms with E-state index in [2.05, 4.69) is 4.72 Å². The smallest absolute Gasteiger partial charge is 0.347 e. The number of ether oxygens (including phenoxy) is 1. The van der Waals surface area contributed by atoms with Crippen molar-refractivity contribution in [3.8, 4) is 5.75 Å². The average molecular weight is 327 g/mol. The van der Waals surface area contributed by atoms with Gasteiger partial charge in [0.25, 0.3) is 10.0 Å². The molecule has 2 rings (SSSR count). The quantitative estimate of drug-likeness (QED) is 0.880. The number of carbonyl (C=O) groups is 1. The van der Waals surface area contributed by atoms with Gasteiger partial charge < -0.3 is 9.84 Å². The van der Waals surface area contributed by atoms with E-state index in [1.54, 1.807) is 31.2 Å². The van der Waals surface area contributed by atoms with Crippen LogP contribution >= 0.6 is 11.3 Å². The van der Waals surface area contributed by atoms with Gasteiger partial charge in [0, 0.05) is 5.69 Å². The minimum Gasteiger partial charge on any atom is -0.497 e. The SMILES string of the molecule is COc1ccc(NS(=O)(=O)c2c(C)csc2C(=O)O)cc1. The largest absolute Gasteiger partial charge is 0.497 e. The summed E-state index contributed by atoms with van der Waals surface area (Å²) in [7, 11) is -2.45. The van der Waals surface area contributed by atoms with Gasteiger partial charge in [0.1, 0.15) is 15.5 Å². The Balaban J connectivity index is 2.38. The number of benzene rings is 1. The summed E-state index contributed by atoms with van der Waals surface area (Å²) in [4.78, 5) is 10.7. The van der Waals surface area contributed by atoms with E-state index < -0.39 is 16.0 Å². The fourth-order valence-electron chi connectivity index (χ4n) is 1.78. The van der Waals surface area contributed by atoms with Crippen molar-refractivity contribution in [1.82, 2.24) is 0 Å². The molecule has 0 fully saturated rings. The molecule has 0 saturated carbocycles. The predicted octanol–water partition coefficient (Wildman–Crippen LogP) is 2.56. The van der Waals surface area contributed by atoms with E-state index in [1.807, 2.05) is 0 Å². The number of hydrogen-bond donors (Lipinski definition) is 2. The van der Waals surface area contributed by atoms with Gasteiger partial charge in [0.15, 0.2) is 0 Å².